The van der Waals surface area contributed by atoms with Gasteiger partial charge in [0.2, 0.25) is 11.8 Å². The van der Waals surface area contributed by atoms with E-state index in [9.17, 15) is 9.90 Å². The first-order valence-electron chi connectivity index (χ1n) is 8.71. The van der Waals surface area contributed by atoms with E-state index in [0.29, 0.717) is 32.9 Å². The van der Waals surface area contributed by atoms with Gasteiger partial charge in [0, 0.05) is 17.3 Å². The third-order valence-corrected chi connectivity index (χ3v) is 4.86. The van der Waals surface area contributed by atoms with E-state index >= 15 is 0 Å². The normalized spacial score (nSPS) is 11.1. The molecule has 7 nitrogen and oxygen atoms in total. The highest BCUT2D eigenvalue weighted by Gasteiger charge is 2.11. The summed E-state index contributed by atoms with van der Waals surface area (Å²) in [6.07, 6.45) is 4.40. The molecule has 0 saturated carbocycles. The van der Waals surface area contributed by atoms with Gasteiger partial charge in [0.25, 0.3) is 0 Å². The molecule has 0 atom stereocenters. The Balaban J connectivity index is 1.45. The second kappa shape index (κ2) is 8.52. The third kappa shape index (κ3) is 4.58. The van der Waals surface area contributed by atoms with Crippen LogP contribution in [-0.2, 0) is 4.79 Å². The lowest BCUT2D eigenvalue weighted by Crippen LogP contribution is -2.32. The number of carbonyl (C=O) groups is 1. The minimum absolute atomic E-state index is 0.135. The maximum absolute atomic E-state index is 11.9. The van der Waals surface area contributed by atoms with E-state index in [4.69, 9.17) is 21.1 Å². The Morgan fingerprint density at radius 2 is 2.07 bits per heavy atom. The maximum atomic E-state index is 11.9. The average molecular weight is 484 g/mol. The van der Waals surface area contributed by atoms with Crippen molar-refractivity contribution in [3.63, 3.8) is 0 Å². The molecule has 1 amide bonds. The zero-order chi connectivity index (χ0) is 21.1. The van der Waals surface area contributed by atoms with Gasteiger partial charge in [-0.2, -0.15) is 0 Å². The molecule has 0 saturated heterocycles. The van der Waals surface area contributed by atoms with Crippen molar-refractivity contribution in [1.29, 1.82) is 0 Å². The van der Waals surface area contributed by atoms with Crippen LogP contribution < -0.4 is 10.6 Å². The Labute approximate surface area is 184 Å². The van der Waals surface area contributed by atoms with Crippen LogP contribution in [0.1, 0.15) is 5.76 Å². The fraction of sp³-hybridized carbons (Fsp3) is 0. The van der Waals surface area contributed by atoms with Gasteiger partial charge in [-0.25, -0.2) is 4.98 Å². The summed E-state index contributed by atoms with van der Waals surface area (Å²) < 4.78 is 11.5. The number of nitrogens with one attached hydrogen (secondary N) is 2. The lowest BCUT2D eigenvalue weighted by atomic mass is 10.2. The van der Waals surface area contributed by atoms with E-state index in [1.165, 1.54) is 12.3 Å². The van der Waals surface area contributed by atoms with Crippen LogP contribution in [0.25, 0.3) is 28.6 Å². The van der Waals surface area contributed by atoms with Gasteiger partial charge < -0.3 is 19.3 Å². The molecule has 30 heavy (non-hydrogen) atoms. The summed E-state index contributed by atoms with van der Waals surface area (Å²) >= 11 is 8.46. The number of furan rings is 1. The lowest BCUT2D eigenvalue weighted by molar-refractivity contribution is -0.115. The number of anilines is 1. The zero-order valence-corrected chi connectivity index (χ0v) is 17.7. The van der Waals surface area contributed by atoms with Crippen LogP contribution in [-0.4, -0.2) is 21.1 Å². The molecule has 150 valence electrons. The van der Waals surface area contributed by atoms with E-state index in [2.05, 4.69) is 31.5 Å². The monoisotopic (exact) mass is 483 g/mol. The van der Waals surface area contributed by atoms with Crippen molar-refractivity contribution in [2.75, 3.05) is 5.32 Å². The molecule has 0 fully saturated rings. The molecule has 9 heteroatoms. The number of benzene rings is 2. The summed E-state index contributed by atoms with van der Waals surface area (Å²) in [4.78, 5) is 16.4. The molecule has 0 aliphatic heterocycles. The van der Waals surface area contributed by atoms with Crippen molar-refractivity contribution >= 4 is 62.0 Å². The summed E-state index contributed by atoms with van der Waals surface area (Å²) in [7, 11) is 0. The predicted molar refractivity (Wildman–Crippen MR) is 121 cm³/mol. The van der Waals surface area contributed by atoms with Crippen molar-refractivity contribution in [3.8, 4) is 17.2 Å². The van der Waals surface area contributed by atoms with Crippen LogP contribution in [0.15, 0.2) is 74.2 Å². The number of halogens is 1. The highest BCUT2D eigenvalue weighted by Crippen LogP contribution is 2.31. The number of phenolic OH excluding ortho intramolecular Hbond substituents is 1. The summed E-state index contributed by atoms with van der Waals surface area (Å²) in [6, 6.07) is 13.7. The molecule has 0 bridgehead atoms. The minimum atomic E-state index is -0.383. The number of amides is 1. The van der Waals surface area contributed by atoms with Crippen molar-refractivity contribution in [2.45, 2.75) is 0 Å². The molecular weight excluding hydrogens is 470 g/mol. The van der Waals surface area contributed by atoms with E-state index < -0.39 is 0 Å². The van der Waals surface area contributed by atoms with E-state index in [1.54, 1.807) is 54.6 Å². The van der Waals surface area contributed by atoms with E-state index in [-0.39, 0.29) is 16.8 Å². The summed E-state index contributed by atoms with van der Waals surface area (Å²) in [5.41, 5.74) is 2.58. The van der Waals surface area contributed by atoms with Crippen molar-refractivity contribution < 1.29 is 18.7 Å². The number of phenols is 1. The Morgan fingerprint density at radius 1 is 1.20 bits per heavy atom. The van der Waals surface area contributed by atoms with Crippen LogP contribution in [0, 0.1) is 0 Å². The summed E-state index contributed by atoms with van der Waals surface area (Å²) in [5, 5.41) is 15.3. The number of hydrogen-bond acceptors (Lipinski definition) is 6. The van der Waals surface area contributed by atoms with Crippen LogP contribution in [0.4, 0.5) is 5.69 Å². The molecule has 4 rings (SSSR count). The predicted octanol–water partition coefficient (Wildman–Crippen LogP) is 5.08. The molecule has 2 heterocycles. The van der Waals surface area contributed by atoms with Crippen LogP contribution >= 0.6 is 28.1 Å². The first-order chi connectivity index (χ1) is 14.5. The molecule has 0 unspecified atom stereocenters. The fourth-order valence-electron chi connectivity index (χ4n) is 2.63. The smallest absolute Gasteiger partial charge is 0.250 e. The molecule has 0 spiro atoms. The van der Waals surface area contributed by atoms with Crippen molar-refractivity contribution in [2.24, 2.45) is 0 Å². The van der Waals surface area contributed by atoms with Gasteiger partial charge in [0.1, 0.15) is 17.0 Å². The first-order valence-corrected chi connectivity index (χ1v) is 9.91. The Kier molecular flexibility index (Phi) is 5.64. The number of rotatable bonds is 4. The van der Waals surface area contributed by atoms with Crippen LogP contribution in [0.2, 0.25) is 0 Å². The standard InChI is InChI=1S/C21H14BrN3O4S/c22-15-10-12(3-6-17(15)26)20-24-16-11-13(4-7-18(16)29-20)23-21(30)25-19(27)8-5-14-2-1-9-28-14/h1-11,26H,(H2,23,25,27,30)/b8-5+. The number of aromatic hydroxyl groups is 1. The van der Waals surface area contributed by atoms with Gasteiger partial charge in [-0.3, -0.25) is 10.1 Å². The second-order valence-electron chi connectivity index (χ2n) is 6.16. The Hall–Kier alpha value is -3.43. The number of thiocarbonyl (C=S) groups is 1. The summed E-state index contributed by atoms with van der Waals surface area (Å²) in [5.74, 6) is 0.737. The van der Waals surface area contributed by atoms with Crippen molar-refractivity contribution in [3.05, 3.63) is 71.1 Å². The van der Waals surface area contributed by atoms with E-state index in [1.807, 2.05) is 0 Å². The highest BCUT2D eigenvalue weighted by molar-refractivity contribution is 9.10. The zero-order valence-electron chi connectivity index (χ0n) is 15.3. The molecule has 3 N–H and O–H groups in total. The lowest BCUT2D eigenvalue weighted by Gasteiger charge is -2.07. The maximum Gasteiger partial charge on any atom is 0.250 e. The highest BCUT2D eigenvalue weighted by atomic mass is 79.9. The van der Waals surface area contributed by atoms with Gasteiger partial charge >= 0.3 is 0 Å². The SMILES string of the molecule is O=C(/C=C/c1ccco1)NC(=S)Nc1ccc2oc(-c3ccc(O)c(Br)c3)nc2c1. The average Bonchev–Trinajstić information content (AvgIpc) is 3.37. The van der Waals surface area contributed by atoms with Crippen molar-refractivity contribution in [1.82, 2.24) is 10.3 Å². The van der Waals surface area contributed by atoms with E-state index in [0.717, 1.165) is 5.56 Å². The number of hydrogen-bond donors (Lipinski definition) is 3. The minimum Gasteiger partial charge on any atom is -0.507 e. The Bertz CT molecular complexity index is 1260. The second-order valence-corrected chi connectivity index (χ2v) is 7.42. The molecule has 0 aliphatic carbocycles. The quantitative estimate of drug-likeness (QED) is 0.274. The van der Waals surface area contributed by atoms with Gasteiger partial charge in [-0.1, -0.05) is 0 Å². The van der Waals surface area contributed by atoms with Crippen LogP contribution in [0.3, 0.4) is 0 Å². The van der Waals surface area contributed by atoms with Gasteiger partial charge in [0.15, 0.2) is 10.7 Å². The largest absolute Gasteiger partial charge is 0.507 e. The number of fused-ring (bicyclic) bond motifs is 1. The Morgan fingerprint density at radius 3 is 2.83 bits per heavy atom. The number of oxazole rings is 1. The molecule has 0 aliphatic rings. The topological polar surface area (TPSA) is 101 Å². The van der Waals surface area contributed by atoms with Gasteiger partial charge in [-0.15, -0.1) is 0 Å². The third-order valence-electron chi connectivity index (χ3n) is 4.02. The molecule has 4 aromatic rings. The van der Waals surface area contributed by atoms with Gasteiger partial charge in [-0.05, 0) is 82.8 Å². The first kappa shape index (κ1) is 19.9. The van der Waals surface area contributed by atoms with Crippen LogP contribution in [0.5, 0.6) is 5.75 Å². The molecule has 2 aromatic carbocycles. The molecule has 2 aromatic heterocycles. The molecular formula is C21H14BrN3O4S. The fourth-order valence-corrected chi connectivity index (χ4v) is 3.23. The number of nitrogens with zero attached hydrogens (tertiary/aromatic N) is 1. The summed E-state index contributed by atoms with van der Waals surface area (Å²) in [6.45, 7) is 0. The number of carbonyl (C=O) groups excluding carboxylic acids is 1. The van der Waals surface area contributed by atoms with Gasteiger partial charge in [0.05, 0.1) is 10.7 Å². The molecule has 0 radical (unpaired) electrons. The number of aromatic nitrogens is 1.